The number of pyridine rings is 1. The predicted molar refractivity (Wildman–Crippen MR) is 100 cm³/mol. The SMILES string of the molecule is CCOC(=O)c1c(-c2cccc(C#N)c2)c2oc3ccccc3c2[nH]c1=O. The van der Waals surface area contributed by atoms with Crippen molar-refractivity contribution in [3.63, 3.8) is 0 Å². The van der Waals surface area contributed by atoms with Crippen LogP contribution in [0.1, 0.15) is 22.8 Å². The number of fused-ring (bicyclic) bond motifs is 3. The lowest BCUT2D eigenvalue weighted by atomic mass is 9.98. The van der Waals surface area contributed by atoms with Gasteiger partial charge >= 0.3 is 5.97 Å². The molecule has 6 heteroatoms. The predicted octanol–water partition coefficient (Wildman–Crippen LogP) is 3.99. The van der Waals surface area contributed by atoms with Gasteiger partial charge in [0, 0.05) is 10.9 Å². The second-order valence-corrected chi connectivity index (χ2v) is 5.92. The number of ether oxygens (including phenoxy) is 1. The Morgan fingerprint density at radius 3 is 2.81 bits per heavy atom. The van der Waals surface area contributed by atoms with Crippen LogP contribution in [0.4, 0.5) is 0 Å². The average Bonchev–Trinajstić information content (AvgIpc) is 3.05. The van der Waals surface area contributed by atoms with Gasteiger partial charge in [0.25, 0.3) is 5.56 Å². The molecule has 0 amide bonds. The Kier molecular flexibility index (Phi) is 3.98. The first-order chi connectivity index (χ1) is 13.1. The highest BCUT2D eigenvalue weighted by atomic mass is 16.5. The van der Waals surface area contributed by atoms with E-state index in [0.29, 0.717) is 33.4 Å². The van der Waals surface area contributed by atoms with Crippen molar-refractivity contribution in [1.82, 2.24) is 4.98 Å². The molecule has 4 aromatic rings. The van der Waals surface area contributed by atoms with E-state index >= 15 is 0 Å². The summed E-state index contributed by atoms with van der Waals surface area (Å²) < 4.78 is 11.1. The number of para-hydroxylation sites is 1. The number of carbonyl (C=O) groups excluding carboxylic acids is 1. The zero-order chi connectivity index (χ0) is 19.0. The number of nitriles is 1. The van der Waals surface area contributed by atoms with Gasteiger partial charge in [-0.3, -0.25) is 4.79 Å². The molecule has 132 valence electrons. The van der Waals surface area contributed by atoms with Crippen molar-refractivity contribution in [1.29, 1.82) is 5.26 Å². The van der Waals surface area contributed by atoms with Gasteiger partial charge in [0.1, 0.15) is 11.1 Å². The van der Waals surface area contributed by atoms with Crippen LogP contribution in [0.25, 0.3) is 33.2 Å². The van der Waals surface area contributed by atoms with E-state index in [9.17, 15) is 14.9 Å². The van der Waals surface area contributed by atoms with Crippen molar-refractivity contribution in [3.8, 4) is 17.2 Å². The fraction of sp³-hybridized carbons (Fsp3) is 0.0952. The van der Waals surface area contributed by atoms with E-state index in [1.165, 1.54) is 0 Å². The number of nitrogens with one attached hydrogen (secondary N) is 1. The van der Waals surface area contributed by atoms with Crippen LogP contribution in [-0.2, 0) is 4.74 Å². The molecule has 0 aliphatic heterocycles. The lowest BCUT2D eigenvalue weighted by Crippen LogP contribution is -2.21. The number of furan rings is 1. The van der Waals surface area contributed by atoms with Crippen LogP contribution in [0.15, 0.2) is 57.7 Å². The Hall–Kier alpha value is -3.85. The number of nitrogens with zero attached hydrogens (tertiary/aromatic N) is 1. The second-order valence-electron chi connectivity index (χ2n) is 5.92. The number of aromatic amines is 1. The van der Waals surface area contributed by atoms with Gasteiger partial charge in [-0.05, 0) is 36.8 Å². The lowest BCUT2D eigenvalue weighted by molar-refractivity contribution is 0.0525. The maximum atomic E-state index is 12.8. The van der Waals surface area contributed by atoms with Gasteiger partial charge in [-0.1, -0.05) is 24.3 Å². The highest BCUT2D eigenvalue weighted by Crippen LogP contribution is 2.35. The van der Waals surface area contributed by atoms with Crippen molar-refractivity contribution in [2.45, 2.75) is 6.92 Å². The minimum atomic E-state index is -0.738. The zero-order valence-electron chi connectivity index (χ0n) is 14.4. The quantitative estimate of drug-likeness (QED) is 0.559. The summed E-state index contributed by atoms with van der Waals surface area (Å²) in [5, 5.41) is 9.95. The topological polar surface area (TPSA) is 96.1 Å². The Labute approximate surface area is 153 Å². The van der Waals surface area contributed by atoms with Crippen molar-refractivity contribution < 1.29 is 13.9 Å². The molecule has 6 nitrogen and oxygen atoms in total. The lowest BCUT2D eigenvalue weighted by Gasteiger charge is -2.09. The minimum Gasteiger partial charge on any atom is -0.462 e. The molecule has 0 unspecified atom stereocenters. The molecule has 0 saturated carbocycles. The van der Waals surface area contributed by atoms with E-state index in [0.717, 1.165) is 5.39 Å². The van der Waals surface area contributed by atoms with Crippen molar-refractivity contribution in [3.05, 3.63) is 70.0 Å². The third-order valence-electron chi connectivity index (χ3n) is 4.30. The number of carbonyl (C=O) groups is 1. The van der Waals surface area contributed by atoms with Gasteiger partial charge in [0.2, 0.25) is 0 Å². The van der Waals surface area contributed by atoms with Crippen LogP contribution in [0.5, 0.6) is 0 Å². The summed E-state index contributed by atoms with van der Waals surface area (Å²) in [5.74, 6) is -0.738. The smallest absolute Gasteiger partial charge is 0.344 e. The molecule has 1 N–H and O–H groups in total. The van der Waals surface area contributed by atoms with E-state index in [2.05, 4.69) is 11.1 Å². The molecule has 0 saturated heterocycles. The summed E-state index contributed by atoms with van der Waals surface area (Å²) in [6, 6.07) is 16.0. The fourth-order valence-electron chi connectivity index (χ4n) is 3.17. The van der Waals surface area contributed by atoms with Crippen LogP contribution in [0, 0.1) is 11.3 Å². The maximum Gasteiger partial charge on any atom is 0.344 e. The maximum absolute atomic E-state index is 12.8. The minimum absolute atomic E-state index is 0.133. The molecule has 27 heavy (non-hydrogen) atoms. The standard InChI is InChI=1S/C21H14N2O4/c1-2-26-21(25)17-16(13-7-5-6-12(10-13)11-22)19-18(23-20(17)24)14-8-3-4-9-15(14)27-19/h3-10H,2H2,1H3,(H,23,24). The molecule has 4 rings (SSSR count). The Morgan fingerprint density at radius 2 is 2.04 bits per heavy atom. The molecule has 0 radical (unpaired) electrons. The first kappa shape index (κ1) is 16.6. The van der Waals surface area contributed by atoms with Crippen LogP contribution in [0.3, 0.4) is 0 Å². The zero-order valence-corrected chi connectivity index (χ0v) is 14.4. The second kappa shape index (κ2) is 6.46. The number of rotatable bonds is 3. The van der Waals surface area contributed by atoms with Crippen molar-refractivity contribution in [2.75, 3.05) is 6.61 Å². The monoisotopic (exact) mass is 358 g/mol. The molecule has 2 aromatic carbocycles. The van der Waals surface area contributed by atoms with E-state index in [-0.39, 0.29) is 12.2 Å². The molecule has 2 heterocycles. The number of esters is 1. The Bertz CT molecular complexity index is 1290. The van der Waals surface area contributed by atoms with Gasteiger partial charge in [-0.2, -0.15) is 5.26 Å². The summed E-state index contributed by atoms with van der Waals surface area (Å²) >= 11 is 0. The van der Waals surface area contributed by atoms with E-state index in [1.807, 2.05) is 18.2 Å². The normalized spacial score (nSPS) is 10.8. The molecule has 0 aliphatic carbocycles. The largest absolute Gasteiger partial charge is 0.462 e. The first-order valence-electron chi connectivity index (χ1n) is 8.39. The molecule has 0 spiro atoms. The number of benzene rings is 2. The number of hydrogen-bond donors (Lipinski definition) is 1. The summed E-state index contributed by atoms with van der Waals surface area (Å²) in [6.45, 7) is 1.80. The third kappa shape index (κ3) is 2.66. The summed E-state index contributed by atoms with van der Waals surface area (Å²) in [6.07, 6.45) is 0. The van der Waals surface area contributed by atoms with Crippen LogP contribution in [-0.4, -0.2) is 17.6 Å². The highest BCUT2D eigenvalue weighted by Gasteiger charge is 2.25. The summed E-state index contributed by atoms with van der Waals surface area (Å²) in [4.78, 5) is 28.0. The van der Waals surface area contributed by atoms with Crippen LogP contribution in [0.2, 0.25) is 0 Å². The Balaban J connectivity index is 2.17. The molecule has 0 bridgehead atoms. The number of H-pyrrole nitrogens is 1. The number of hydrogen-bond acceptors (Lipinski definition) is 5. The third-order valence-corrected chi connectivity index (χ3v) is 4.30. The Morgan fingerprint density at radius 1 is 1.22 bits per heavy atom. The van der Waals surface area contributed by atoms with Crippen molar-refractivity contribution >= 4 is 28.0 Å². The molecule has 0 fully saturated rings. The summed E-state index contributed by atoms with van der Waals surface area (Å²) in [7, 11) is 0. The van der Waals surface area contributed by atoms with Crippen LogP contribution < -0.4 is 5.56 Å². The van der Waals surface area contributed by atoms with Gasteiger partial charge in [0.15, 0.2) is 5.58 Å². The molecular formula is C21H14N2O4. The van der Waals surface area contributed by atoms with Crippen LogP contribution >= 0.6 is 0 Å². The molecular weight excluding hydrogens is 344 g/mol. The molecule has 0 aliphatic rings. The van der Waals surface area contributed by atoms with E-state index in [4.69, 9.17) is 9.15 Å². The first-order valence-corrected chi connectivity index (χ1v) is 8.39. The van der Waals surface area contributed by atoms with Gasteiger partial charge in [-0.25, -0.2) is 4.79 Å². The summed E-state index contributed by atoms with van der Waals surface area (Å²) in [5.41, 5.74) is 2.01. The molecule has 0 atom stereocenters. The van der Waals surface area contributed by atoms with Crippen molar-refractivity contribution in [2.24, 2.45) is 0 Å². The van der Waals surface area contributed by atoms with E-state index in [1.54, 1.807) is 37.3 Å². The number of aromatic nitrogens is 1. The average molecular weight is 358 g/mol. The van der Waals surface area contributed by atoms with E-state index < -0.39 is 11.5 Å². The fourth-order valence-corrected chi connectivity index (χ4v) is 3.17. The van der Waals surface area contributed by atoms with Gasteiger partial charge in [-0.15, -0.1) is 0 Å². The van der Waals surface area contributed by atoms with Gasteiger partial charge < -0.3 is 14.1 Å². The molecule has 2 aromatic heterocycles. The van der Waals surface area contributed by atoms with Gasteiger partial charge in [0.05, 0.1) is 23.8 Å². The highest BCUT2D eigenvalue weighted by molar-refractivity contribution is 6.12.